The summed E-state index contributed by atoms with van der Waals surface area (Å²) in [5, 5.41) is -0.470. The largest absolute Gasteiger partial charge is 0.342 e. The Labute approximate surface area is 101 Å². The molecular weight excluding hydrogens is 224 g/mol. The molecule has 16 heavy (non-hydrogen) atoms. The Kier molecular flexibility index (Phi) is 6.18. The summed E-state index contributed by atoms with van der Waals surface area (Å²) in [6, 6.07) is 0. The van der Waals surface area contributed by atoms with Gasteiger partial charge >= 0.3 is 0 Å². The lowest BCUT2D eigenvalue weighted by molar-refractivity contribution is -0.129. The maximum atomic E-state index is 11.9. The molecule has 0 aromatic heterocycles. The standard InChI is InChI=1S/C11H24N2O2S/c1-6-13(7-2)10(14)9(3)16(15)8-11(4,5)12/h9H,6-8,12H2,1-5H3. The van der Waals surface area contributed by atoms with Crippen molar-refractivity contribution in [3.05, 3.63) is 0 Å². The Morgan fingerprint density at radius 1 is 1.38 bits per heavy atom. The second-order valence-corrected chi connectivity index (χ2v) is 6.42. The Balaban J connectivity index is 4.49. The Bertz CT molecular complexity index is 257. The van der Waals surface area contributed by atoms with Gasteiger partial charge in [0.1, 0.15) is 5.25 Å². The van der Waals surface area contributed by atoms with Crippen molar-refractivity contribution in [3.8, 4) is 0 Å². The molecule has 2 unspecified atom stereocenters. The van der Waals surface area contributed by atoms with Gasteiger partial charge < -0.3 is 10.6 Å². The maximum absolute atomic E-state index is 11.9. The molecule has 0 aromatic rings. The van der Waals surface area contributed by atoms with Crippen molar-refractivity contribution < 1.29 is 9.00 Å². The highest BCUT2D eigenvalue weighted by Gasteiger charge is 2.27. The normalized spacial score (nSPS) is 15.6. The molecule has 1 amide bonds. The van der Waals surface area contributed by atoms with E-state index < -0.39 is 21.6 Å². The summed E-state index contributed by atoms with van der Waals surface area (Å²) in [7, 11) is -1.20. The number of nitrogens with zero attached hydrogens (tertiary/aromatic N) is 1. The van der Waals surface area contributed by atoms with E-state index in [0.717, 1.165) is 0 Å². The van der Waals surface area contributed by atoms with E-state index in [2.05, 4.69) is 0 Å². The number of hydrogen-bond donors (Lipinski definition) is 1. The first-order valence-electron chi connectivity index (χ1n) is 5.67. The maximum Gasteiger partial charge on any atom is 0.238 e. The molecule has 0 saturated heterocycles. The molecule has 0 heterocycles. The molecule has 0 aliphatic carbocycles. The first kappa shape index (κ1) is 15.6. The zero-order valence-electron chi connectivity index (χ0n) is 10.9. The Morgan fingerprint density at radius 3 is 2.12 bits per heavy atom. The summed E-state index contributed by atoms with van der Waals surface area (Å²) < 4.78 is 11.9. The number of carbonyl (C=O) groups excluding carboxylic acids is 1. The Hall–Kier alpha value is -0.420. The van der Waals surface area contributed by atoms with Crippen molar-refractivity contribution in [2.24, 2.45) is 5.73 Å². The average Bonchev–Trinajstić information content (AvgIpc) is 2.15. The van der Waals surface area contributed by atoms with E-state index >= 15 is 0 Å². The van der Waals surface area contributed by atoms with Crippen LogP contribution in [0.1, 0.15) is 34.6 Å². The SMILES string of the molecule is CCN(CC)C(=O)C(C)S(=O)CC(C)(C)N. The highest BCUT2D eigenvalue weighted by Crippen LogP contribution is 2.08. The third kappa shape index (κ3) is 5.07. The monoisotopic (exact) mass is 248 g/mol. The molecule has 4 nitrogen and oxygen atoms in total. The van der Waals surface area contributed by atoms with E-state index in [0.29, 0.717) is 18.8 Å². The molecule has 5 heteroatoms. The minimum absolute atomic E-state index is 0.0485. The third-order valence-corrected chi connectivity index (χ3v) is 4.35. The molecule has 2 atom stereocenters. The number of amides is 1. The van der Waals surface area contributed by atoms with E-state index in [1.807, 2.05) is 27.7 Å². The van der Waals surface area contributed by atoms with Gasteiger partial charge in [-0.2, -0.15) is 0 Å². The second kappa shape index (κ2) is 6.35. The van der Waals surface area contributed by atoms with Crippen LogP contribution in [0.3, 0.4) is 0 Å². The molecule has 0 saturated carbocycles. The molecule has 0 aliphatic rings. The van der Waals surface area contributed by atoms with Crippen LogP contribution in [0.15, 0.2) is 0 Å². The van der Waals surface area contributed by atoms with Crippen LogP contribution in [0.25, 0.3) is 0 Å². The van der Waals surface area contributed by atoms with Gasteiger partial charge in [0.15, 0.2) is 0 Å². The van der Waals surface area contributed by atoms with Gasteiger partial charge in [-0.3, -0.25) is 9.00 Å². The first-order valence-corrected chi connectivity index (χ1v) is 7.06. The minimum atomic E-state index is -1.20. The highest BCUT2D eigenvalue weighted by molar-refractivity contribution is 7.86. The molecule has 2 N–H and O–H groups in total. The zero-order valence-corrected chi connectivity index (χ0v) is 11.8. The number of rotatable bonds is 6. The fourth-order valence-electron chi connectivity index (χ4n) is 1.40. The van der Waals surface area contributed by atoms with E-state index in [4.69, 9.17) is 5.73 Å². The quantitative estimate of drug-likeness (QED) is 0.753. The summed E-state index contributed by atoms with van der Waals surface area (Å²) in [5.74, 6) is 0.300. The van der Waals surface area contributed by atoms with Crippen molar-refractivity contribution in [1.29, 1.82) is 0 Å². The number of hydrogen-bond acceptors (Lipinski definition) is 3. The summed E-state index contributed by atoms with van der Waals surface area (Å²) >= 11 is 0. The van der Waals surface area contributed by atoms with Crippen LogP contribution >= 0.6 is 0 Å². The fourth-order valence-corrected chi connectivity index (χ4v) is 2.75. The predicted octanol–water partition coefficient (Wildman–Crippen LogP) is 0.729. The predicted molar refractivity (Wildman–Crippen MR) is 68.7 cm³/mol. The summed E-state index contributed by atoms with van der Waals surface area (Å²) in [5.41, 5.74) is 5.30. The van der Waals surface area contributed by atoms with Crippen LogP contribution in [0.5, 0.6) is 0 Å². The molecule has 0 bridgehead atoms. The van der Waals surface area contributed by atoms with E-state index in [1.165, 1.54) is 0 Å². The fraction of sp³-hybridized carbons (Fsp3) is 0.909. The molecule has 0 aromatic carbocycles. The molecule has 0 radical (unpaired) electrons. The van der Waals surface area contributed by atoms with Crippen LogP contribution < -0.4 is 5.73 Å². The van der Waals surface area contributed by atoms with Gasteiger partial charge in [-0.1, -0.05) is 0 Å². The zero-order chi connectivity index (χ0) is 12.9. The molecular formula is C11H24N2O2S. The van der Waals surface area contributed by atoms with Gasteiger partial charge in [0.2, 0.25) is 5.91 Å². The van der Waals surface area contributed by atoms with Crippen molar-refractivity contribution in [2.45, 2.75) is 45.4 Å². The highest BCUT2D eigenvalue weighted by atomic mass is 32.2. The van der Waals surface area contributed by atoms with Gasteiger partial charge in [0.25, 0.3) is 0 Å². The molecule has 0 rings (SSSR count). The molecule has 0 spiro atoms. The summed E-state index contributed by atoms with van der Waals surface area (Å²) in [4.78, 5) is 13.6. The molecule has 0 fully saturated rings. The van der Waals surface area contributed by atoms with E-state index in [-0.39, 0.29) is 5.91 Å². The van der Waals surface area contributed by atoms with Crippen molar-refractivity contribution in [3.63, 3.8) is 0 Å². The summed E-state index contributed by atoms with van der Waals surface area (Å²) in [6.45, 7) is 10.5. The van der Waals surface area contributed by atoms with E-state index in [9.17, 15) is 9.00 Å². The van der Waals surface area contributed by atoms with Gasteiger partial charge in [0, 0.05) is 35.2 Å². The number of carbonyl (C=O) groups is 1. The van der Waals surface area contributed by atoms with Gasteiger partial charge in [-0.05, 0) is 34.6 Å². The van der Waals surface area contributed by atoms with Crippen molar-refractivity contribution >= 4 is 16.7 Å². The minimum Gasteiger partial charge on any atom is -0.342 e. The van der Waals surface area contributed by atoms with Gasteiger partial charge in [-0.15, -0.1) is 0 Å². The van der Waals surface area contributed by atoms with Crippen LogP contribution in [0.2, 0.25) is 0 Å². The topological polar surface area (TPSA) is 63.4 Å². The van der Waals surface area contributed by atoms with Crippen molar-refractivity contribution in [2.75, 3.05) is 18.8 Å². The molecule has 96 valence electrons. The first-order chi connectivity index (χ1) is 7.22. The number of nitrogens with two attached hydrogens (primary N) is 1. The van der Waals surface area contributed by atoms with Crippen LogP contribution in [-0.2, 0) is 15.6 Å². The van der Waals surface area contributed by atoms with Crippen LogP contribution in [-0.4, -0.2) is 44.6 Å². The lowest BCUT2D eigenvalue weighted by Crippen LogP contribution is -2.45. The average molecular weight is 248 g/mol. The third-order valence-electron chi connectivity index (χ3n) is 2.33. The van der Waals surface area contributed by atoms with E-state index in [1.54, 1.807) is 11.8 Å². The second-order valence-electron chi connectivity index (χ2n) is 4.67. The summed E-state index contributed by atoms with van der Waals surface area (Å²) in [6.07, 6.45) is 0. The van der Waals surface area contributed by atoms with Gasteiger partial charge in [0.05, 0.1) is 0 Å². The van der Waals surface area contributed by atoms with Crippen LogP contribution in [0, 0.1) is 0 Å². The lowest BCUT2D eigenvalue weighted by Gasteiger charge is -2.25. The van der Waals surface area contributed by atoms with Crippen LogP contribution in [0.4, 0.5) is 0 Å². The smallest absolute Gasteiger partial charge is 0.238 e. The lowest BCUT2D eigenvalue weighted by atomic mass is 10.1. The molecule has 0 aliphatic heterocycles. The van der Waals surface area contributed by atoms with Gasteiger partial charge in [-0.25, -0.2) is 0 Å². The van der Waals surface area contributed by atoms with Crippen molar-refractivity contribution in [1.82, 2.24) is 4.90 Å². The Morgan fingerprint density at radius 2 is 1.81 bits per heavy atom.